The van der Waals surface area contributed by atoms with Crippen LogP contribution in [0.3, 0.4) is 0 Å². The SMILES string of the molecule is c1ccc(CCOC2(CCNC3CC3)CCC2)nc1. The van der Waals surface area contributed by atoms with E-state index in [0.29, 0.717) is 0 Å². The number of hydrogen-bond acceptors (Lipinski definition) is 3. The molecule has 0 radical (unpaired) electrons. The molecule has 2 aliphatic carbocycles. The van der Waals surface area contributed by atoms with E-state index >= 15 is 0 Å². The maximum Gasteiger partial charge on any atom is 0.0694 e. The lowest BCUT2D eigenvalue weighted by atomic mass is 9.77. The third-order valence-electron chi connectivity index (χ3n) is 4.35. The number of nitrogens with zero attached hydrogens (tertiary/aromatic N) is 1. The van der Waals surface area contributed by atoms with Gasteiger partial charge < -0.3 is 10.1 Å². The van der Waals surface area contributed by atoms with Crippen LogP contribution in [0.1, 0.15) is 44.2 Å². The molecule has 0 atom stereocenters. The molecule has 0 unspecified atom stereocenters. The van der Waals surface area contributed by atoms with E-state index in [4.69, 9.17) is 4.74 Å². The molecule has 0 bridgehead atoms. The summed E-state index contributed by atoms with van der Waals surface area (Å²) in [6.45, 7) is 1.93. The molecule has 2 fully saturated rings. The average Bonchev–Trinajstić information content (AvgIpc) is 3.20. The molecular formula is C16H24N2O. The zero-order chi connectivity index (χ0) is 13.0. The van der Waals surface area contributed by atoms with Gasteiger partial charge in [-0.15, -0.1) is 0 Å². The van der Waals surface area contributed by atoms with Crippen LogP contribution in [0.15, 0.2) is 24.4 Å². The van der Waals surface area contributed by atoms with E-state index in [1.54, 1.807) is 0 Å². The van der Waals surface area contributed by atoms with E-state index in [1.165, 1.54) is 38.5 Å². The zero-order valence-electron chi connectivity index (χ0n) is 11.6. The first-order valence-corrected chi connectivity index (χ1v) is 7.64. The Balaban J connectivity index is 1.38. The van der Waals surface area contributed by atoms with E-state index < -0.39 is 0 Å². The summed E-state index contributed by atoms with van der Waals surface area (Å²) in [4.78, 5) is 4.34. The average molecular weight is 260 g/mol. The summed E-state index contributed by atoms with van der Waals surface area (Å²) in [5.74, 6) is 0. The normalized spacial score (nSPS) is 21.1. The van der Waals surface area contributed by atoms with Crippen LogP contribution in [0.4, 0.5) is 0 Å². The van der Waals surface area contributed by atoms with Gasteiger partial charge in [-0.3, -0.25) is 4.98 Å². The van der Waals surface area contributed by atoms with Crippen molar-refractivity contribution in [2.24, 2.45) is 0 Å². The number of hydrogen-bond donors (Lipinski definition) is 1. The van der Waals surface area contributed by atoms with Gasteiger partial charge in [-0.05, 0) is 57.2 Å². The van der Waals surface area contributed by atoms with Crippen LogP contribution < -0.4 is 5.32 Å². The van der Waals surface area contributed by atoms with Crippen molar-refractivity contribution in [3.8, 4) is 0 Å². The molecule has 0 aromatic carbocycles. The summed E-state index contributed by atoms with van der Waals surface area (Å²) in [6, 6.07) is 6.89. The lowest BCUT2D eigenvalue weighted by molar-refractivity contribution is -0.103. The largest absolute Gasteiger partial charge is 0.375 e. The van der Waals surface area contributed by atoms with Gasteiger partial charge in [-0.1, -0.05) is 6.07 Å². The second-order valence-electron chi connectivity index (χ2n) is 5.93. The molecule has 2 aliphatic rings. The van der Waals surface area contributed by atoms with Gasteiger partial charge in [-0.2, -0.15) is 0 Å². The second kappa shape index (κ2) is 6.02. The van der Waals surface area contributed by atoms with E-state index in [2.05, 4.69) is 16.4 Å². The molecule has 1 N–H and O–H groups in total. The molecule has 0 amide bonds. The minimum Gasteiger partial charge on any atom is -0.375 e. The predicted octanol–water partition coefficient (Wildman–Crippen LogP) is 2.71. The van der Waals surface area contributed by atoms with Crippen LogP contribution >= 0.6 is 0 Å². The number of nitrogens with one attached hydrogen (secondary N) is 1. The van der Waals surface area contributed by atoms with Crippen LogP contribution in [0.25, 0.3) is 0 Å². The number of ether oxygens (including phenoxy) is 1. The van der Waals surface area contributed by atoms with Gasteiger partial charge in [0.05, 0.1) is 12.2 Å². The van der Waals surface area contributed by atoms with Crippen molar-refractivity contribution in [1.29, 1.82) is 0 Å². The molecule has 2 saturated carbocycles. The summed E-state index contributed by atoms with van der Waals surface area (Å²) < 4.78 is 6.19. The minimum absolute atomic E-state index is 0.177. The van der Waals surface area contributed by atoms with Gasteiger partial charge >= 0.3 is 0 Å². The lowest BCUT2D eigenvalue weighted by Crippen LogP contribution is -2.43. The molecule has 1 heterocycles. The fourth-order valence-electron chi connectivity index (χ4n) is 2.75. The Kier molecular flexibility index (Phi) is 4.14. The first-order chi connectivity index (χ1) is 9.36. The molecule has 1 aromatic heterocycles. The van der Waals surface area contributed by atoms with Crippen molar-refractivity contribution < 1.29 is 4.74 Å². The summed E-state index contributed by atoms with van der Waals surface area (Å²) in [5, 5.41) is 3.60. The molecule has 3 heteroatoms. The molecular weight excluding hydrogens is 236 g/mol. The van der Waals surface area contributed by atoms with E-state index in [-0.39, 0.29) is 5.60 Å². The van der Waals surface area contributed by atoms with Crippen molar-refractivity contribution in [2.75, 3.05) is 13.2 Å². The minimum atomic E-state index is 0.177. The molecule has 0 aliphatic heterocycles. The highest BCUT2D eigenvalue weighted by molar-refractivity contribution is 5.03. The van der Waals surface area contributed by atoms with Crippen molar-refractivity contribution in [3.05, 3.63) is 30.1 Å². The number of pyridine rings is 1. The summed E-state index contributed by atoms with van der Waals surface area (Å²) in [6.07, 6.45) is 10.5. The van der Waals surface area contributed by atoms with E-state index in [9.17, 15) is 0 Å². The van der Waals surface area contributed by atoms with Crippen LogP contribution in [0.5, 0.6) is 0 Å². The second-order valence-corrected chi connectivity index (χ2v) is 5.93. The third kappa shape index (κ3) is 3.77. The van der Waals surface area contributed by atoms with Gasteiger partial charge in [0.1, 0.15) is 0 Å². The van der Waals surface area contributed by atoms with Gasteiger partial charge in [-0.25, -0.2) is 0 Å². The van der Waals surface area contributed by atoms with Crippen LogP contribution in [-0.4, -0.2) is 29.8 Å². The van der Waals surface area contributed by atoms with Gasteiger partial charge in [0.15, 0.2) is 0 Å². The molecule has 3 nitrogen and oxygen atoms in total. The van der Waals surface area contributed by atoms with Crippen molar-refractivity contribution in [3.63, 3.8) is 0 Å². The Morgan fingerprint density at radius 3 is 2.84 bits per heavy atom. The van der Waals surface area contributed by atoms with Gasteiger partial charge in [0.25, 0.3) is 0 Å². The van der Waals surface area contributed by atoms with Gasteiger partial charge in [0, 0.05) is 24.4 Å². The van der Waals surface area contributed by atoms with Crippen molar-refractivity contribution >= 4 is 0 Å². The summed E-state index contributed by atoms with van der Waals surface area (Å²) in [5.41, 5.74) is 1.31. The molecule has 3 rings (SSSR count). The topological polar surface area (TPSA) is 34.1 Å². The smallest absolute Gasteiger partial charge is 0.0694 e. The predicted molar refractivity (Wildman–Crippen MR) is 76.1 cm³/mol. The van der Waals surface area contributed by atoms with Crippen LogP contribution in [-0.2, 0) is 11.2 Å². The number of aromatic nitrogens is 1. The zero-order valence-corrected chi connectivity index (χ0v) is 11.6. The fraction of sp³-hybridized carbons (Fsp3) is 0.688. The Morgan fingerprint density at radius 2 is 2.21 bits per heavy atom. The quantitative estimate of drug-likeness (QED) is 0.780. The molecule has 0 spiro atoms. The van der Waals surface area contributed by atoms with Crippen LogP contribution in [0, 0.1) is 0 Å². The summed E-state index contributed by atoms with van der Waals surface area (Å²) in [7, 11) is 0. The van der Waals surface area contributed by atoms with E-state index in [1.807, 2.05) is 18.3 Å². The van der Waals surface area contributed by atoms with E-state index in [0.717, 1.165) is 31.3 Å². The standard InChI is InChI=1S/C16H24N2O/c1-2-11-17-14(4-1)7-13-19-16(8-3-9-16)10-12-18-15-5-6-15/h1-2,4,11,15,18H,3,5-10,12-13H2. The van der Waals surface area contributed by atoms with Crippen molar-refractivity contribution in [1.82, 2.24) is 10.3 Å². The molecule has 19 heavy (non-hydrogen) atoms. The first-order valence-electron chi connectivity index (χ1n) is 7.64. The van der Waals surface area contributed by atoms with Crippen LogP contribution in [0.2, 0.25) is 0 Å². The Labute approximate surface area is 115 Å². The molecule has 0 saturated heterocycles. The Bertz CT molecular complexity index is 385. The third-order valence-corrected chi connectivity index (χ3v) is 4.35. The highest BCUT2D eigenvalue weighted by Gasteiger charge is 2.37. The first kappa shape index (κ1) is 13.1. The monoisotopic (exact) mass is 260 g/mol. The lowest BCUT2D eigenvalue weighted by Gasteiger charge is -2.42. The van der Waals surface area contributed by atoms with Gasteiger partial charge in [0.2, 0.25) is 0 Å². The fourth-order valence-corrected chi connectivity index (χ4v) is 2.75. The highest BCUT2D eigenvalue weighted by atomic mass is 16.5. The Hall–Kier alpha value is -0.930. The maximum atomic E-state index is 6.19. The van der Waals surface area contributed by atoms with Crippen molar-refractivity contribution in [2.45, 2.75) is 56.6 Å². The highest BCUT2D eigenvalue weighted by Crippen LogP contribution is 2.38. The molecule has 1 aromatic rings. The maximum absolute atomic E-state index is 6.19. The summed E-state index contributed by atoms with van der Waals surface area (Å²) >= 11 is 0. The number of rotatable bonds is 8. The molecule has 104 valence electrons. The Morgan fingerprint density at radius 1 is 1.32 bits per heavy atom.